The second-order valence-corrected chi connectivity index (χ2v) is 22.0. The number of rotatable bonds is 12. The molecule has 1 fully saturated rings. The predicted octanol–water partition coefficient (Wildman–Crippen LogP) is 9.68. The van der Waals surface area contributed by atoms with Gasteiger partial charge in [0.2, 0.25) is 0 Å². The molecule has 13 heteroatoms. The van der Waals surface area contributed by atoms with Crippen molar-refractivity contribution in [1.82, 2.24) is 14.5 Å². The second kappa shape index (κ2) is 16.6. The average Bonchev–Trinajstić information content (AvgIpc) is 3.44. The van der Waals surface area contributed by atoms with Gasteiger partial charge in [0, 0.05) is 60.8 Å². The van der Waals surface area contributed by atoms with E-state index in [1.165, 1.54) is 9.47 Å². The Bertz CT molecular complexity index is 2140. The van der Waals surface area contributed by atoms with Crippen molar-refractivity contribution in [2.75, 3.05) is 44.8 Å². The standard InChI is InChI=1S/C44H52BrF3N4O4Si/c1-30(55-7)39-36(25-32(27-49-39)50-20-22-51(23-21-50)41(53)54)40-37(35-24-31(45)18-19-38(35)52(40)28-44(46,47)48)26-43(5,6)29-56-57(42(2,3)4,33-14-10-8-11-15-33)34-16-12-9-13-17-34/h8-19,24-25,27,30H,20-23,26,28-29H2,1-7H3,(H,53,54)/t30-/m0/s1. The van der Waals surface area contributed by atoms with Crippen LogP contribution in [-0.2, 0) is 22.1 Å². The van der Waals surface area contributed by atoms with E-state index in [1.807, 2.05) is 60.4 Å². The summed E-state index contributed by atoms with van der Waals surface area (Å²) in [5, 5.41) is 12.3. The first kappa shape index (κ1) is 42.4. The molecule has 304 valence electrons. The molecule has 0 saturated carbocycles. The van der Waals surface area contributed by atoms with Crippen molar-refractivity contribution in [1.29, 1.82) is 0 Å². The van der Waals surface area contributed by atoms with E-state index in [-0.39, 0.29) is 5.04 Å². The van der Waals surface area contributed by atoms with Crippen LogP contribution in [0.25, 0.3) is 22.2 Å². The summed E-state index contributed by atoms with van der Waals surface area (Å²) < 4.78 is 59.5. The highest BCUT2D eigenvalue weighted by atomic mass is 79.9. The molecule has 1 atom stereocenters. The number of piperazine rings is 1. The number of pyridine rings is 1. The van der Waals surface area contributed by atoms with Crippen molar-refractivity contribution >= 4 is 57.3 Å². The number of aromatic nitrogens is 2. The highest BCUT2D eigenvalue weighted by molar-refractivity contribution is 9.10. The number of methoxy groups -OCH3 is 1. The molecule has 1 aliphatic rings. The summed E-state index contributed by atoms with van der Waals surface area (Å²) in [6, 6.07) is 28.1. The normalized spacial score (nSPS) is 15.0. The minimum absolute atomic E-state index is 0.266. The molecule has 0 radical (unpaired) electrons. The Labute approximate surface area is 342 Å². The number of carbonyl (C=O) groups is 1. The van der Waals surface area contributed by atoms with Gasteiger partial charge in [-0.2, -0.15) is 13.2 Å². The fraction of sp³-hybridized carbons (Fsp3) is 0.409. The number of hydrogen-bond acceptors (Lipinski definition) is 5. The van der Waals surface area contributed by atoms with Crippen LogP contribution in [0.5, 0.6) is 0 Å². The SMILES string of the molecule is CO[C@@H](C)c1ncc(N2CCN(C(=O)O)CC2)cc1-c1c(CC(C)(C)CO[Si](c2ccccc2)(c2ccccc2)C(C)(C)C)c2cc(Br)ccc2n1CC(F)(F)F. The highest BCUT2D eigenvalue weighted by Gasteiger charge is 2.51. The predicted molar refractivity (Wildman–Crippen MR) is 227 cm³/mol. The van der Waals surface area contributed by atoms with Crippen molar-refractivity contribution < 1.29 is 32.2 Å². The molecule has 2 aromatic heterocycles. The zero-order valence-electron chi connectivity index (χ0n) is 33.7. The first-order chi connectivity index (χ1) is 26.8. The van der Waals surface area contributed by atoms with Crippen molar-refractivity contribution in [3.05, 3.63) is 107 Å². The monoisotopic (exact) mass is 864 g/mol. The maximum Gasteiger partial charge on any atom is 0.407 e. The first-order valence-electron chi connectivity index (χ1n) is 19.2. The largest absolute Gasteiger partial charge is 0.465 e. The van der Waals surface area contributed by atoms with Crippen LogP contribution in [-0.4, -0.2) is 80.0 Å². The average molecular weight is 866 g/mol. The van der Waals surface area contributed by atoms with Gasteiger partial charge in [-0.15, -0.1) is 0 Å². The fourth-order valence-electron chi connectivity index (χ4n) is 8.24. The van der Waals surface area contributed by atoms with Crippen LogP contribution in [0.1, 0.15) is 58.9 Å². The van der Waals surface area contributed by atoms with Crippen molar-refractivity contribution in [3.8, 4) is 11.3 Å². The van der Waals surface area contributed by atoms with Gasteiger partial charge in [-0.1, -0.05) is 111 Å². The van der Waals surface area contributed by atoms with E-state index >= 15 is 0 Å². The molecule has 0 spiro atoms. The van der Waals surface area contributed by atoms with E-state index in [0.29, 0.717) is 72.7 Å². The van der Waals surface area contributed by atoms with Gasteiger partial charge in [-0.3, -0.25) is 4.98 Å². The van der Waals surface area contributed by atoms with Gasteiger partial charge in [0.05, 0.1) is 29.4 Å². The topological polar surface area (TPSA) is 80.1 Å². The zero-order valence-corrected chi connectivity index (χ0v) is 36.2. The lowest BCUT2D eigenvalue weighted by Gasteiger charge is -2.44. The van der Waals surface area contributed by atoms with Gasteiger partial charge in [0.25, 0.3) is 8.32 Å². The van der Waals surface area contributed by atoms with Crippen LogP contribution in [0.3, 0.4) is 0 Å². The molecule has 1 saturated heterocycles. The molecule has 57 heavy (non-hydrogen) atoms. The van der Waals surface area contributed by atoms with E-state index in [4.69, 9.17) is 14.1 Å². The summed E-state index contributed by atoms with van der Waals surface area (Å²) in [5.41, 5.74) is 2.83. The molecule has 0 bridgehead atoms. The molecular formula is C44H52BrF3N4O4Si. The van der Waals surface area contributed by atoms with Crippen LogP contribution < -0.4 is 15.3 Å². The van der Waals surface area contributed by atoms with Crippen molar-refractivity contribution in [2.45, 2.75) is 71.8 Å². The molecule has 3 heterocycles. The van der Waals surface area contributed by atoms with Crippen molar-refractivity contribution in [2.24, 2.45) is 5.41 Å². The van der Waals surface area contributed by atoms with Crippen LogP contribution >= 0.6 is 15.9 Å². The molecule has 6 rings (SSSR count). The molecule has 1 N–H and O–H groups in total. The summed E-state index contributed by atoms with van der Waals surface area (Å²) in [6.07, 6.45) is -3.95. The molecule has 0 aliphatic carbocycles. The Morgan fingerprint density at radius 1 is 0.912 bits per heavy atom. The second-order valence-electron chi connectivity index (χ2n) is 16.7. The van der Waals surface area contributed by atoms with E-state index < -0.39 is 38.7 Å². The van der Waals surface area contributed by atoms with Crippen LogP contribution in [0.4, 0.5) is 23.7 Å². The lowest BCUT2D eigenvalue weighted by Crippen LogP contribution is -2.67. The van der Waals surface area contributed by atoms with Gasteiger partial charge in [0.15, 0.2) is 0 Å². The number of amides is 1. The smallest absolute Gasteiger partial charge is 0.407 e. The van der Waals surface area contributed by atoms with Gasteiger partial charge in [0.1, 0.15) is 6.54 Å². The van der Waals surface area contributed by atoms with Crippen LogP contribution in [0.15, 0.2) is 95.6 Å². The number of alkyl halides is 3. The minimum atomic E-state index is -4.53. The third kappa shape index (κ3) is 8.96. The maximum atomic E-state index is 14.7. The number of halogens is 4. The third-order valence-corrected chi connectivity index (χ3v) is 16.5. The summed E-state index contributed by atoms with van der Waals surface area (Å²) in [6.45, 7) is 13.3. The lowest BCUT2D eigenvalue weighted by atomic mass is 9.84. The first-order valence-corrected chi connectivity index (χ1v) is 21.9. The number of anilines is 1. The number of benzene rings is 3. The number of ether oxygens (including phenoxy) is 1. The van der Waals surface area contributed by atoms with Gasteiger partial charge in [-0.05, 0) is 64.0 Å². The van der Waals surface area contributed by atoms with E-state index in [9.17, 15) is 23.1 Å². The molecule has 0 unspecified atom stereocenters. The molecule has 8 nitrogen and oxygen atoms in total. The Morgan fingerprint density at radius 3 is 2.04 bits per heavy atom. The fourth-order valence-corrected chi connectivity index (χ4v) is 13.4. The zero-order chi connectivity index (χ0) is 41.3. The van der Waals surface area contributed by atoms with Crippen LogP contribution in [0, 0.1) is 5.41 Å². The quantitative estimate of drug-likeness (QED) is 0.126. The number of nitrogens with zero attached hydrogens (tertiary/aromatic N) is 4. The Kier molecular flexibility index (Phi) is 12.4. The number of hydrogen-bond donors (Lipinski definition) is 1. The molecule has 1 aliphatic heterocycles. The van der Waals surface area contributed by atoms with Crippen LogP contribution in [0.2, 0.25) is 5.04 Å². The Morgan fingerprint density at radius 2 is 1.51 bits per heavy atom. The molecule has 1 amide bonds. The molecule has 5 aromatic rings. The maximum absolute atomic E-state index is 14.7. The van der Waals surface area contributed by atoms with Gasteiger partial charge >= 0.3 is 12.3 Å². The van der Waals surface area contributed by atoms with E-state index in [1.54, 1.807) is 25.4 Å². The molecule has 3 aromatic carbocycles. The Balaban J connectivity index is 1.52. The summed E-state index contributed by atoms with van der Waals surface area (Å²) >= 11 is 3.62. The van der Waals surface area contributed by atoms with E-state index in [2.05, 4.69) is 74.8 Å². The summed E-state index contributed by atoms with van der Waals surface area (Å²) in [4.78, 5) is 19.9. The van der Waals surface area contributed by atoms with Gasteiger partial charge in [-0.25, -0.2) is 4.79 Å². The molecular weight excluding hydrogens is 813 g/mol. The highest BCUT2D eigenvalue weighted by Crippen LogP contribution is 2.44. The van der Waals surface area contributed by atoms with E-state index in [0.717, 1.165) is 20.4 Å². The lowest BCUT2D eigenvalue weighted by molar-refractivity contribution is -0.139. The summed E-state index contributed by atoms with van der Waals surface area (Å²) in [5.74, 6) is 0. The number of carboxylic acid groups (broad SMARTS) is 1. The summed E-state index contributed by atoms with van der Waals surface area (Å²) in [7, 11) is -1.39. The third-order valence-electron chi connectivity index (χ3n) is 11.0. The number of fused-ring (bicyclic) bond motifs is 1. The van der Waals surface area contributed by atoms with Crippen molar-refractivity contribution in [3.63, 3.8) is 0 Å². The minimum Gasteiger partial charge on any atom is -0.465 e. The Hall–Kier alpha value is -4.17. The van der Waals surface area contributed by atoms with Gasteiger partial charge < -0.3 is 28.6 Å².